The second kappa shape index (κ2) is 5.68. The number of fused-ring (bicyclic) bond motifs is 2. The predicted octanol–water partition coefficient (Wildman–Crippen LogP) is 2.89. The van der Waals surface area contributed by atoms with Crippen LogP contribution in [0.25, 0.3) is 0 Å². The van der Waals surface area contributed by atoms with Gasteiger partial charge in [-0.2, -0.15) is 0 Å². The minimum atomic E-state index is -0.304. The zero-order valence-corrected chi connectivity index (χ0v) is 12.3. The van der Waals surface area contributed by atoms with Crippen LogP contribution >= 0.6 is 0 Å². The molecule has 0 fully saturated rings. The van der Waals surface area contributed by atoms with E-state index in [1.807, 2.05) is 48.5 Å². The van der Waals surface area contributed by atoms with Crippen molar-refractivity contribution in [3.05, 3.63) is 71.7 Å². The average molecular weight is 309 g/mol. The van der Waals surface area contributed by atoms with Crippen molar-refractivity contribution in [2.24, 2.45) is 0 Å². The molecule has 5 nitrogen and oxygen atoms in total. The lowest BCUT2D eigenvalue weighted by molar-refractivity contribution is -0.122. The van der Waals surface area contributed by atoms with Gasteiger partial charge in [0.05, 0.1) is 6.04 Å². The first-order chi connectivity index (χ1) is 11.3. The Morgan fingerprint density at radius 3 is 2.22 bits per heavy atom. The molecule has 2 aromatic rings. The summed E-state index contributed by atoms with van der Waals surface area (Å²) >= 11 is 0. The van der Waals surface area contributed by atoms with Gasteiger partial charge in [-0.15, -0.1) is 0 Å². The maximum atomic E-state index is 12.5. The zero-order valence-electron chi connectivity index (χ0n) is 12.3. The van der Waals surface area contributed by atoms with Crippen LogP contribution in [0.3, 0.4) is 0 Å². The predicted molar refractivity (Wildman–Crippen MR) is 82.9 cm³/mol. The highest BCUT2D eigenvalue weighted by molar-refractivity contribution is 5.92. The molecule has 0 saturated carbocycles. The Balaban J connectivity index is 1.70. The van der Waals surface area contributed by atoms with Crippen molar-refractivity contribution < 1.29 is 19.0 Å². The maximum absolute atomic E-state index is 12.5. The molecule has 1 N–H and O–H groups in total. The van der Waals surface area contributed by atoms with Gasteiger partial charge in [0.2, 0.25) is 5.76 Å². The van der Waals surface area contributed by atoms with Crippen LogP contribution in [0.4, 0.5) is 0 Å². The number of amides is 1. The van der Waals surface area contributed by atoms with E-state index >= 15 is 0 Å². The van der Waals surface area contributed by atoms with Gasteiger partial charge in [-0.1, -0.05) is 36.4 Å². The second-order valence-electron chi connectivity index (χ2n) is 5.29. The minimum Gasteiger partial charge on any atom is -0.494 e. The van der Waals surface area contributed by atoms with Crippen LogP contribution in [0.1, 0.15) is 17.2 Å². The normalized spacial score (nSPS) is 15.9. The summed E-state index contributed by atoms with van der Waals surface area (Å²) in [6, 6.07) is 15.1. The summed E-state index contributed by atoms with van der Waals surface area (Å²) in [5.74, 6) is 1.37. The molecule has 4 rings (SSSR count). The lowest BCUT2D eigenvalue weighted by atomic mass is 9.94. The molecule has 23 heavy (non-hydrogen) atoms. The number of benzene rings is 2. The third kappa shape index (κ3) is 2.50. The molecule has 0 bridgehead atoms. The summed E-state index contributed by atoms with van der Waals surface area (Å²) in [7, 11) is 0. The molecule has 2 aliphatic rings. The number of carbonyl (C=O) groups excluding carboxylic acids is 1. The molecule has 2 aliphatic heterocycles. The molecule has 0 radical (unpaired) electrons. The van der Waals surface area contributed by atoms with Crippen molar-refractivity contribution in [3.8, 4) is 11.5 Å². The summed E-state index contributed by atoms with van der Waals surface area (Å²) in [6.45, 7) is 0.833. The number of hydrogen-bond acceptors (Lipinski definition) is 4. The molecule has 0 aromatic heterocycles. The molecular formula is C18H15NO4. The van der Waals surface area contributed by atoms with E-state index in [0.29, 0.717) is 13.2 Å². The molecule has 0 saturated heterocycles. The van der Waals surface area contributed by atoms with E-state index in [4.69, 9.17) is 14.2 Å². The third-order valence-electron chi connectivity index (χ3n) is 3.83. The van der Waals surface area contributed by atoms with E-state index in [1.54, 1.807) is 0 Å². The largest absolute Gasteiger partial charge is 0.494 e. The van der Waals surface area contributed by atoms with E-state index in [1.165, 1.54) is 6.26 Å². The molecule has 1 amide bonds. The Labute approximate surface area is 133 Å². The van der Waals surface area contributed by atoms with Crippen LogP contribution in [0.5, 0.6) is 11.5 Å². The van der Waals surface area contributed by atoms with Crippen LogP contribution in [-0.4, -0.2) is 19.1 Å². The first-order valence-corrected chi connectivity index (χ1v) is 7.44. The molecule has 2 heterocycles. The molecule has 5 heteroatoms. The molecule has 0 aliphatic carbocycles. The number of nitrogens with one attached hydrogen (secondary N) is 1. The van der Waals surface area contributed by atoms with Gasteiger partial charge in [0, 0.05) is 11.1 Å². The standard InChI is InChI=1S/C18H15NO4/c20-18(16-11-21-9-10-22-16)19-17-12-5-1-3-7-14(12)23-15-8-4-2-6-13(15)17/h1-8,11,17H,9-10H2,(H,19,20). The molecule has 116 valence electrons. The molecule has 0 unspecified atom stereocenters. The average Bonchev–Trinajstić information content (AvgIpc) is 2.62. The van der Waals surface area contributed by atoms with Crippen molar-refractivity contribution in [1.29, 1.82) is 0 Å². The van der Waals surface area contributed by atoms with Gasteiger partial charge in [0.25, 0.3) is 5.91 Å². The molecular weight excluding hydrogens is 294 g/mol. The van der Waals surface area contributed by atoms with Gasteiger partial charge in [-0.05, 0) is 12.1 Å². The monoisotopic (exact) mass is 309 g/mol. The lowest BCUT2D eigenvalue weighted by Gasteiger charge is -2.29. The van der Waals surface area contributed by atoms with E-state index in [-0.39, 0.29) is 17.7 Å². The number of hydrogen-bond donors (Lipinski definition) is 1. The summed E-state index contributed by atoms with van der Waals surface area (Å²) < 4.78 is 16.4. The van der Waals surface area contributed by atoms with E-state index in [2.05, 4.69) is 5.32 Å². The fourth-order valence-electron chi connectivity index (χ4n) is 2.76. The fraction of sp³-hybridized carbons (Fsp3) is 0.167. The molecule has 0 spiro atoms. The number of carbonyl (C=O) groups is 1. The Hall–Kier alpha value is -2.95. The van der Waals surface area contributed by atoms with E-state index in [0.717, 1.165) is 22.6 Å². The number of ether oxygens (including phenoxy) is 3. The van der Waals surface area contributed by atoms with Crippen molar-refractivity contribution in [1.82, 2.24) is 5.32 Å². The van der Waals surface area contributed by atoms with E-state index < -0.39 is 0 Å². The Morgan fingerprint density at radius 2 is 1.61 bits per heavy atom. The van der Waals surface area contributed by atoms with Crippen LogP contribution in [-0.2, 0) is 14.3 Å². The first-order valence-electron chi connectivity index (χ1n) is 7.44. The topological polar surface area (TPSA) is 56.8 Å². The second-order valence-corrected chi connectivity index (χ2v) is 5.29. The highest BCUT2D eigenvalue weighted by atomic mass is 16.6. The van der Waals surface area contributed by atoms with Gasteiger partial charge < -0.3 is 19.5 Å². The Morgan fingerprint density at radius 1 is 0.957 bits per heavy atom. The summed E-state index contributed by atoms with van der Waals surface area (Å²) in [5.41, 5.74) is 1.83. The zero-order chi connectivity index (χ0) is 15.6. The summed E-state index contributed by atoms with van der Waals surface area (Å²) in [6.07, 6.45) is 1.36. The van der Waals surface area contributed by atoms with Crippen molar-refractivity contribution in [3.63, 3.8) is 0 Å². The minimum absolute atomic E-state index is 0.192. The highest BCUT2D eigenvalue weighted by Crippen LogP contribution is 2.42. The molecule has 2 aromatic carbocycles. The van der Waals surface area contributed by atoms with Crippen molar-refractivity contribution >= 4 is 5.91 Å². The summed E-state index contributed by atoms with van der Waals surface area (Å²) in [4.78, 5) is 12.5. The quantitative estimate of drug-likeness (QED) is 0.927. The number of rotatable bonds is 2. The Bertz CT molecular complexity index is 739. The first kappa shape index (κ1) is 13.7. The van der Waals surface area contributed by atoms with Crippen LogP contribution < -0.4 is 10.1 Å². The van der Waals surface area contributed by atoms with Gasteiger partial charge >= 0.3 is 0 Å². The van der Waals surface area contributed by atoms with E-state index in [9.17, 15) is 4.79 Å². The number of para-hydroxylation sites is 2. The third-order valence-corrected chi connectivity index (χ3v) is 3.83. The Kier molecular flexibility index (Phi) is 3.38. The van der Waals surface area contributed by atoms with Crippen molar-refractivity contribution in [2.75, 3.05) is 13.2 Å². The van der Waals surface area contributed by atoms with Gasteiger partial charge in [0.15, 0.2) is 0 Å². The van der Waals surface area contributed by atoms with Crippen LogP contribution in [0, 0.1) is 0 Å². The van der Waals surface area contributed by atoms with Gasteiger partial charge in [-0.3, -0.25) is 4.79 Å². The smallest absolute Gasteiger partial charge is 0.290 e. The van der Waals surface area contributed by atoms with Crippen molar-refractivity contribution in [2.45, 2.75) is 6.04 Å². The van der Waals surface area contributed by atoms with Crippen LogP contribution in [0.2, 0.25) is 0 Å². The highest BCUT2D eigenvalue weighted by Gasteiger charge is 2.29. The molecule has 0 atom stereocenters. The summed E-state index contributed by atoms with van der Waals surface area (Å²) in [5, 5.41) is 3.01. The lowest BCUT2D eigenvalue weighted by Crippen LogP contribution is -2.34. The maximum Gasteiger partial charge on any atom is 0.290 e. The fourth-order valence-corrected chi connectivity index (χ4v) is 2.76. The van der Waals surface area contributed by atoms with Gasteiger partial charge in [-0.25, -0.2) is 0 Å². The van der Waals surface area contributed by atoms with Gasteiger partial charge in [0.1, 0.15) is 31.0 Å². The van der Waals surface area contributed by atoms with Crippen LogP contribution in [0.15, 0.2) is 60.6 Å². The SMILES string of the molecule is O=C(NC1c2ccccc2Oc2ccccc21)C1=COCCO1.